The molecule has 0 atom stereocenters. The Morgan fingerprint density at radius 1 is 1.42 bits per heavy atom. The van der Waals surface area contributed by atoms with Gasteiger partial charge in [-0.2, -0.15) is 0 Å². The molecule has 0 spiro atoms. The molecule has 1 aliphatic carbocycles. The lowest BCUT2D eigenvalue weighted by molar-refractivity contribution is 0.472. The van der Waals surface area contributed by atoms with Crippen LogP contribution < -0.4 is 10.1 Å². The first-order valence-corrected chi connectivity index (χ1v) is 7.40. The summed E-state index contributed by atoms with van der Waals surface area (Å²) in [5, 5.41) is 13.8. The molecule has 19 heavy (non-hydrogen) atoms. The van der Waals surface area contributed by atoms with Crippen molar-refractivity contribution in [3.8, 4) is 10.9 Å². The number of halogens is 1. The van der Waals surface area contributed by atoms with Crippen molar-refractivity contribution in [2.24, 2.45) is 0 Å². The molecule has 0 radical (unpaired) electrons. The molecule has 1 N–H and O–H groups in total. The van der Waals surface area contributed by atoms with Gasteiger partial charge in [-0.1, -0.05) is 28.0 Å². The fraction of sp³-hybridized carbons (Fsp3) is 0.385. The monoisotopic (exact) mass is 295 g/mol. The lowest BCUT2D eigenvalue weighted by atomic mass is 10.2. The molecule has 1 aromatic heterocycles. The maximum atomic E-state index is 5.98. The Balaban J connectivity index is 1.63. The fourth-order valence-corrected chi connectivity index (χ4v) is 2.43. The molecule has 6 heteroatoms. The molecule has 0 bridgehead atoms. The SMILES string of the molecule is Cc1cc(Oc2nnc(CNC3CC3)s2)ccc1Cl. The third kappa shape index (κ3) is 3.43. The number of rotatable bonds is 5. The van der Waals surface area contributed by atoms with E-state index in [0.717, 1.165) is 27.9 Å². The lowest BCUT2D eigenvalue weighted by Gasteiger charge is -2.03. The number of nitrogens with one attached hydrogen (secondary N) is 1. The van der Waals surface area contributed by atoms with Crippen LogP contribution in [-0.4, -0.2) is 16.2 Å². The van der Waals surface area contributed by atoms with E-state index >= 15 is 0 Å². The zero-order valence-electron chi connectivity index (χ0n) is 10.5. The molecule has 3 rings (SSSR count). The second-order valence-corrected chi connectivity index (χ2v) is 6.06. The van der Waals surface area contributed by atoms with E-state index in [1.165, 1.54) is 24.2 Å². The Kier molecular flexibility index (Phi) is 3.68. The van der Waals surface area contributed by atoms with E-state index in [1.54, 1.807) is 0 Å². The summed E-state index contributed by atoms with van der Waals surface area (Å²) in [7, 11) is 0. The summed E-state index contributed by atoms with van der Waals surface area (Å²) in [5.41, 5.74) is 0.985. The molecular weight excluding hydrogens is 282 g/mol. The van der Waals surface area contributed by atoms with Crippen molar-refractivity contribution in [2.75, 3.05) is 0 Å². The molecule has 1 heterocycles. The first-order valence-electron chi connectivity index (χ1n) is 6.20. The summed E-state index contributed by atoms with van der Waals surface area (Å²) >= 11 is 7.44. The van der Waals surface area contributed by atoms with E-state index in [-0.39, 0.29) is 0 Å². The Hall–Kier alpha value is -1.17. The Labute approximate surface area is 120 Å². The highest BCUT2D eigenvalue weighted by Gasteiger charge is 2.20. The minimum absolute atomic E-state index is 0.564. The fourth-order valence-electron chi connectivity index (χ4n) is 1.65. The summed E-state index contributed by atoms with van der Waals surface area (Å²) in [4.78, 5) is 0. The van der Waals surface area contributed by atoms with E-state index in [1.807, 2.05) is 25.1 Å². The summed E-state index contributed by atoms with van der Waals surface area (Å²) in [6.45, 7) is 2.71. The van der Waals surface area contributed by atoms with Gasteiger partial charge in [-0.05, 0) is 43.5 Å². The lowest BCUT2D eigenvalue weighted by Crippen LogP contribution is -2.14. The highest BCUT2D eigenvalue weighted by Crippen LogP contribution is 2.28. The number of aryl methyl sites for hydroxylation is 1. The van der Waals surface area contributed by atoms with Crippen molar-refractivity contribution in [3.05, 3.63) is 33.8 Å². The van der Waals surface area contributed by atoms with Gasteiger partial charge in [-0.3, -0.25) is 0 Å². The van der Waals surface area contributed by atoms with Gasteiger partial charge >= 0.3 is 0 Å². The maximum Gasteiger partial charge on any atom is 0.299 e. The minimum atomic E-state index is 0.564. The van der Waals surface area contributed by atoms with Crippen molar-refractivity contribution in [1.82, 2.24) is 15.5 Å². The molecule has 4 nitrogen and oxygen atoms in total. The molecule has 1 saturated carbocycles. The standard InChI is InChI=1S/C13H14ClN3OS/c1-8-6-10(4-5-11(8)14)18-13-17-16-12(19-13)7-15-9-2-3-9/h4-6,9,15H,2-3,7H2,1H3. The van der Waals surface area contributed by atoms with Crippen molar-refractivity contribution in [1.29, 1.82) is 0 Å². The van der Waals surface area contributed by atoms with Gasteiger partial charge < -0.3 is 10.1 Å². The van der Waals surface area contributed by atoms with Crippen LogP contribution in [0.4, 0.5) is 0 Å². The molecule has 0 unspecified atom stereocenters. The van der Waals surface area contributed by atoms with Gasteiger partial charge in [0.15, 0.2) is 0 Å². The molecule has 1 fully saturated rings. The molecule has 1 aliphatic rings. The van der Waals surface area contributed by atoms with Crippen molar-refractivity contribution < 1.29 is 4.74 Å². The van der Waals surface area contributed by atoms with Gasteiger partial charge in [0.05, 0.1) is 6.54 Å². The second kappa shape index (κ2) is 5.45. The molecule has 100 valence electrons. The topological polar surface area (TPSA) is 47.0 Å². The van der Waals surface area contributed by atoms with E-state index in [2.05, 4.69) is 15.5 Å². The van der Waals surface area contributed by atoms with Crippen LogP contribution >= 0.6 is 22.9 Å². The summed E-state index contributed by atoms with van der Waals surface area (Å²) in [5.74, 6) is 0.736. The van der Waals surface area contributed by atoms with Gasteiger partial charge in [-0.15, -0.1) is 5.10 Å². The maximum absolute atomic E-state index is 5.98. The smallest absolute Gasteiger partial charge is 0.299 e. The zero-order chi connectivity index (χ0) is 13.2. The van der Waals surface area contributed by atoms with Crippen LogP contribution in [0.25, 0.3) is 0 Å². The first-order chi connectivity index (χ1) is 9.20. The molecular formula is C13H14ClN3OS. The van der Waals surface area contributed by atoms with Crippen molar-refractivity contribution >= 4 is 22.9 Å². The van der Waals surface area contributed by atoms with E-state index in [4.69, 9.17) is 16.3 Å². The van der Waals surface area contributed by atoms with Crippen molar-refractivity contribution in [2.45, 2.75) is 32.4 Å². The van der Waals surface area contributed by atoms with Gasteiger partial charge in [0.2, 0.25) is 0 Å². The van der Waals surface area contributed by atoms with Gasteiger partial charge in [0.25, 0.3) is 5.19 Å². The van der Waals surface area contributed by atoms with Crippen LogP contribution in [-0.2, 0) is 6.54 Å². The van der Waals surface area contributed by atoms with Gasteiger partial charge in [0.1, 0.15) is 10.8 Å². The van der Waals surface area contributed by atoms with Crippen LogP contribution in [0.2, 0.25) is 5.02 Å². The van der Waals surface area contributed by atoms with Gasteiger partial charge in [0, 0.05) is 11.1 Å². The summed E-state index contributed by atoms with van der Waals surface area (Å²) in [6, 6.07) is 6.22. The summed E-state index contributed by atoms with van der Waals surface area (Å²) < 4.78 is 5.68. The van der Waals surface area contributed by atoms with Crippen LogP contribution in [0, 0.1) is 6.92 Å². The van der Waals surface area contributed by atoms with Crippen LogP contribution in [0.15, 0.2) is 18.2 Å². The third-order valence-electron chi connectivity index (χ3n) is 2.90. The van der Waals surface area contributed by atoms with E-state index < -0.39 is 0 Å². The normalized spacial score (nSPS) is 14.6. The number of aromatic nitrogens is 2. The first kappa shape index (κ1) is 12.8. The average molecular weight is 296 g/mol. The molecule has 0 saturated heterocycles. The minimum Gasteiger partial charge on any atom is -0.430 e. The van der Waals surface area contributed by atoms with Crippen molar-refractivity contribution in [3.63, 3.8) is 0 Å². The average Bonchev–Trinajstić information content (AvgIpc) is 3.12. The number of nitrogens with zero attached hydrogens (tertiary/aromatic N) is 2. The Morgan fingerprint density at radius 2 is 2.26 bits per heavy atom. The zero-order valence-corrected chi connectivity index (χ0v) is 12.1. The van der Waals surface area contributed by atoms with Crippen LogP contribution in [0.3, 0.4) is 0 Å². The summed E-state index contributed by atoms with van der Waals surface area (Å²) in [6.07, 6.45) is 2.54. The highest BCUT2D eigenvalue weighted by molar-refractivity contribution is 7.13. The van der Waals surface area contributed by atoms with E-state index in [9.17, 15) is 0 Å². The quantitative estimate of drug-likeness (QED) is 0.916. The third-order valence-corrected chi connectivity index (χ3v) is 4.13. The van der Waals surface area contributed by atoms with E-state index in [0.29, 0.717) is 11.2 Å². The molecule has 0 amide bonds. The molecule has 1 aromatic carbocycles. The van der Waals surface area contributed by atoms with Crippen LogP contribution in [0.1, 0.15) is 23.4 Å². The number of benzene rings is 1. The predicted molar refractivity (Wildman–Crippen MR) is 76.0 cm³/mol. The number of hydrogen-bond donors (Lipinski definition) is 1. The number of ether oxygens (including phenoxy) is 1. The second-order valence-electron chi connectivity index (χ2n) is 4.63. The van der Waals surface area contributed by atoms with Gasteiger partial charge in [-0.25, -0.2) is 0 Å². The predicted octanol–water partition coefficient (Wildman–Crippen LogP) is 3.54. The number of hydrogen-bond acceptors (Lipinski definition) is 5. The highest BCUT2D eigenvalue weighted by atomic mass is 35.5. The van der Waals surface area contributed by atoms with Crippen LogP contribution in [0.5, 0.6) is 10.9 Å². The largest absolute Gasteiger partial charge is 0.430 e. The Bertz CT molecular complexity index is 583. The molecule has 0 aliphatic heterocycles. The molecule has 2 aromatic rings. The Morgan fingerprint density at radius 3 is 3.00 bits per heavy atom.